The molecule has 1 aliphatic rings. The van der Waals surface area contributed by atoms with Crippen molar-refractivity contribution >= 4 is 23.2 Å². The van der Waals surface area contributed by atoms with Crippen LogP contribution in [0.1, 0.15) is 53.7 Å². The highest BCUT2D eigenvalue weighted by molar-refractivity contribution is 5.84. The Hall–Kier alpha value is -3.66. The molecule has 10 nitrogen and oxygen atoms in total. The summed E-state index contributed by atoms with van der Waals surface area (Å²) in [6.07, 6.45) is -0.682. The number of aromatic nitrogens is 2. The Bertz CT molecular complexity index is 1330. The Morgan fingerprint density at radius 3 is 2.49 bits per heavy atom. The van der Waals surface area contributed by atoms with Crippen molar-refractivity contribution in [2.75, 3.05) is 13.1 Å². The van der Waals surface area contributed by atoms with Crippen LogP contribution in [0.5, 0.6) is 5.75 Å². The van der Waals surface area contributed by atoms with Gasteiger partial charge in [-0.05, 0) is 33.1 Å². The van der Waals surface area contributed by atoms with E-state index < -0.39 is 29.8 Å². The Kier molecular flexibility index (Phi) is 7.88. The molecule has 210 valence electrons. The van der Waals surface area contributed by atoms with E-state index in [4.69, 9.17) is 19.0 Å². The number of hydrogen-bond donors (Lipinski definition) is 2. The lowest BCUT2D eigenvalue weighted by Crippen LogP contribution is -2.53. The molecule has 4 rings (SSSR count). The molecule has 0 spiro atoms. The number of carbonyl (C=O) groups is 2. The van der Waals surface area contributed by atoms with E-state index in [1.807, 2.05) is 69.0 Å². The van der Waals surface area contributed by atoms with Gasteiger partial charge in [-0.2, -0.15) is 0 Å². The third-order valence-electron chi connectivity index (χ3n) is 6.72. The van der Waals surface area contributed by atoms with Gasteiger partial charge >= 0.3 is 12.1 Å². The molecule has 39 heavy (non-hydrogen) atoms. The zero-order valence-electron chi connectivity index (χ0n) is 23.6. The van der Waals surface area contributed by atoms with E-state index in [1.54, 1.807) is 20.8 Å². The predicted molar refractivity (Wildman–Crippen MR) is 147 cm³/mol. The van der Waals surface area contributed by atoms with Gasteiger partial charge in [-0.3, -0.25) is 9.69 Å². The van der Waals surface area contributed by atoms with E-state index in [9.17, 15) is 14.7 Å². The van der Waals surface area contributed by atoms with Gasteiger partial charge in [0.05, 0.1) is 5.69 Å². The number of nitrogens with zero attached hydrogens (tertiary/aromatic N) is 3. The van der Waals surface area contributed by atoms with Crippen LogP contribution in [-0.4, -0.2) is 69.1 Å². The maximum Gasteiger partial charge on any atom is 0.407 e. The second-order valence-electron chi connectivity index (χ2n) is 12.2. The van der Waals surface area contributed by atoms with Gasteiger partial charge in [-0.1, -0.05) is 56.3 Å². The molecular formula is C29H38N4O6. The molecule has 0 bridgehead atoms. The Morgan fingerprint density at radius 2 is 1.87 bits per heavy atom. The van der Waals surface area contributed by atoms with Gasteiger partial charge < -0.3 is 24.4 Å². The minimum Gasteiger partial charge on any atom is -0.485 e. The van der Waals surface area contributed by atoms with Gasteiger partial charge in [-0.25, -0.2) is 9.78 Å². The smallest absolute Gasteiger partial charge is 0.407 e. The zero-order valence-corrected chi connectivity index (χ0v) is 23.6. The number of amides is 1. The SMILES string of the molecule is Cc1noc2c(O[C@@H]3C[C@@H](C(=O)O)N(C[C@@H](NC(=O)OC(C)(C)C)C(C)(C)C)C3)cc(-c3ccccc3)nc12. The van der Waals surface area contributed by atoms with Crippen molar-refractivity contribution in [3.05, 3.63) is 42.1 Å². The van der Waals surface area contributed by atoms with Crippen molar-refractivity contribution in [2.24, 2.45) is 5.41 Å². The largest absolute Gasteiger partial charge is 0.485 e. The highest BCUT2D eigenvalue weighted by Crippen LogP contribution is 2.34. The molecule has 10 heteroatoms. The van der Waals surface area contributed by atoms with E-state index in [2.05, 4.69) is 10.5 Å². The Balaban J connectivity index is 1.57. The highest BCUT2D eigenvalue weighted by atomic mass is 16.6. The monoisotopic (exact) mass is 538 g/mol. The number of benzene rings is 1. The fourth-order valence-electron chi connectivity index (χ4n) is 4.65. The van der Waals surface area contributed by atoms with Crippen LogP contribution < -0.4 is 10.1 Å². The third kappa shape index (κ3) is 6.86. The molecule has 1 aliphatic heterocycles. The maximum atomic E-state index is 12.6. The first-order valence-corrected chi connectivity index (χ1v) is 13.2. The van der Waals surface area contributed by atoms with Crippen molar-refractivity contribution in [1.82, 2.24) is 20.4 Å². The van der Waals surface area contributed by atoms with E-state index in [-0.39, 0.29) is 17.9 Å². The van der Waals surface area contributed by atoms with Crippen molar-refractivity contribution in [2.45, 2.75) is 78.7 Å². The van der Waals surface area contributed by atoms with Gasteiger partial charge in [0.2, 0.25) is 5.58 Å². The standard InChI is InChI=1S/C29H38N4O6/c1-17-24-25(39-32-17)22(14-20(30-24)18-11-9-8-10-12-18)37-19-13-21(26(34)35)33(15-19)16-23(28(2,3)4)31-27(36)38-29(5,6)7/h8-12,14,19,21,23H,13,15-16H2,1-7H3,(H,31,36)(H,34,35)/t19-,21+,23-/m1/s1. The maximum absolute atomic E-state index is 12.6. The fraction of sp³-hybridized carbons (Fsp3) is 0.517. The number of alkyl carbamates (subject to hydrolysis) is 1. The quantitative estimate of drug-likeness (QED) is 0.425. The van der Waals surface area contributed by atoms with E-state index in [1.165, 1.54) is 0 Å². The minimum absolute atomic E-state index is 0.274. The Morgan fingerprint density at radius 1 is 1.18 bits per heavy atom. The summed E-state index contributed by atoms with van der Waals surface area (Å²) >= 11 is 0. The number of fused-ring (bicyclic) bond motifs is 1. The van der Waals surface area contributed by atoms with E-state index >= 15 is 0 Å². The summed E-state index contributed by atoms with van der Waals surface area (Å²) in [5.74, 6) is -0.471. The number of carboxylic acid groups (broad SMARTS) is 1. The van der Waals surface area contributed by atoms with Gasteiger partial charge in [0, 0.05) is 37.2 Å². The number of aryl methyl sites for hydroxylation is 1. The summed E-state index contributed by atoms with van der Waals surface area (Å²) in [7, 11) is 0. The average Bonchev–Trinajstić information content (AvgIpc) is 3.41. The van der Waals surface area contributed by atoms with E-state index in [0.717, 1.165) is 5.56 Å². The molecule has 1 fully saturated rings. The third-order valence-corrected chi connectivity index (χ3v) is 6.72. The van der Waals surface area contributed by atoms with Gasteiger partial charge in [0.15, 0.2) is 5.75 Å². The van der Waals surface area contributed by atoms with Gasteiger partial charge in [0.25, 0.3) is 0 Å². The molecule has 0 unspecified atom stereocenters. The first-order chi connectivity index (χ1) is 18.2. The summed E-state index contributed by atoms with van der Waals surface area (Å²) in [4.78, 5) is 31.4. The molecule has 1 amide bonds. The molecule has 2 aromatic heterocycles. The summed E-state index contributed by atoms with van der Waals surface area (Å²) in [5, 5.41) is 17.1. The number of hydrogen-bond acceptors (Lipinski definition) is 8. The molecule has 0 saturated carbocycles. The minimum atomic E-state index is -0.939. The molecular weight excluding hydrogens is 500 g/mol. The number of rotatable bonds is 7. The number of nitrogens with one attached hydrogen (secondary N) is 1. The normalized spacial score (nSPS) is 19.2. The molecule has 3 heterocycles. The summed E-state index contributed by atoms with van der Waals surface area (Å²) < 4.78 is 17.4. The van der Waals surface area contributed by atoms with Crippen LogP contribution in [0.3, 0.4) is 0 Å². The molecule has 2 N–H and O–H groups in total. The number of likely N-dealkylation sites (tertiary alicyclic amines) is 1. The molecule has 0 aliphatic carbocycles. The lowest BCUT2D eigenvalue weighted by Gasteiger charge is -2.36. The lowest BCUT2D eigenvalue weighted by atomic mass is 9.86. The molecule has 1 saturated heterocycles. The molecule has 0 radical (unpaired) electrons. The van der Waals surface area contributed by atoms with E-state index in [0.29, 0.717) is 41.3 Å². The number of carboxylic acids is 1. The summed E-state index contributed by atoms with van der Waals surface area (Å²) in [5.41, 5.74) is 2.31. The first-order valence-electron chi connectivity index (χ1n) is 13.2. The number of pyridine rings is 1. The number of aliphatic carboxylic acids is 1. The topological polar surface area (TPSA) is 127 Å². The van der Waals surface area contributed by atoms with Gasteiger partial charge in [0.1, 0.15) is 29.0 Å². The number of carbonyl (C=O) groups excluding carboxylic acids is 1. The van der Waals surface area contributed by atoms with Crippen LogP contribution in [0.2, 0.25) is 0 Å². The summed E-state index contributed by atoms with van der Waals surface area (Å²) in [6.45, 7) is 13.9. The summed E-state index contributed by atoms with van der Waals surface area (Å²) in [6, 6.07) is 10.4. The molecule has 3 aromatic rings. The zero-order chi connectivity index (χ0) is 28.5. The van der Waals surface area contributed by atoms with Crippen molar-refractivity contribution < 1.29 is 28.7 Å². The van der Waals surface area contributed by atoms with Crippen LogP contribution >= 0.6 is 0 Å². The van der Waals surface area contributed by atoms with Crippen LogP contribution in [0, 0.1) is 12.3 Å². The van der Waals surface area contributed by atoms with Crippen molar-refractivity contribution in [3.8, 4) is 17.0 Å². The average molecular weight is 539 g/mol. The molecule has 1 aromatic carbocycles. The number of ether oxygens (including phenoxy) is 2. The van der Waals surface area contributed by atoms with Crippen LogP contribution in [-0.2, 0) is 9.53 Å². The Labute approximate surface area is 228 Å². The predicted octanol–water partition coefficient (Wildman–Crippen LogP) is 5.04. The van der Waals surface area contributed by atoms with Gasteiger partial charge in [-0.15, -0.1) is 0 Å². The highest BCUT2D eigenvalue weighted by Gasteiger charge is 2.41. The molecule has 3 atom stereocenters. The van der Waals surface area contributed by atoms with Crippen LogP contribution in [0.25, 0.3) is 22.4 Å². The second kappa shape index (κ2) is 10.8. The fourth-order valence-corrected chi connectivity index (χ4v) is 4.65. The van der Waals surface area contributed by atoms with Crippen LogP contribution in [0.15, 0.2) is 40.9 Å². The van der Waals surface area contributed by atoms with Crippen molar-refractivity contribution in [3.63, 3.8) is 0 Å². The van der Waals surface area contributed by atoms with Crippen molar-refractivity contribution in [1.29, 1.82) is 0 Å². The van der Waals surface area contributed by atoms with Crippen LogP contribution in [0.4, 0.5) is 4.79 Å². The first kappa shape index (κ1) is 28.4. The lowest BCUT2D eigenvalue weighted by molar-refractivity contribution is -0.142. The second-order valence-corrected chi connectivity index (χ2v) is 12.2.